The van der Waals surface area contributed by atoms with Crippen molar-refractivity contribution >= 4 is 11.8 Å². The molecule has 2 atom stereocenters. The maximum atomic E-state index is 6.33. The largest absolute Gasteiger partial charge is 0.323 e. The lowest BCUT2D eigenvalue weighted by molar-refractivity contribution is 0.715. The summed E-state index contributed by atoms with van der Waals surface area (Å²) in [5.41, 5.74) is 10.2. The van der Waals surface area contributed by atoms with Crippen molar-refractivity contribution in [2.75, 3.05) is 0 Å². The van der Waals surface area contributed by atoms with Gasteiger partial charge in [0, 0.05) is 16.2 Å². The zero-order valence-corrected chi connectivity index (χ0v) is 12.6. The Kier molecular flexibility index (Phi) is 4.67. The van der Waals surface area contributed by atoms with E-state index in [0.29, 0.717) is 5.25 Å². The lowest BCUT2D eigenvalue weighted by Gasteiger charge is -2.20. The van der Waals surface area contributed by atoms with Crippen molar-refractivity contribution in [1.29, 1.82) is 0 Å². The van der Waals surface area contributed by atoms with E-state index < -0.39 is 0 Å². The van der Waals surface area contributed by atoms with Crippen molar-refractivity contribution < 1.29 is 0 Å². The highest BCUT2D eigenvalue weighted by Crippen LogP contribution is 2.31. The molecule has 19 heavy (non-hydrogen) atoms. The molecule has 2 unspecified atom stereocenters. The average molecular weight is 271 g/mol. The van der Waals surface area contributed by atoms with Crippen molar-refractivity contribution in [1.82, 2.24) is 0 Å². The minimum Gasteiger partial charge on any atom is -0.323 e. The highest BCUT2D eigenvalue weighted by atomic mass is 32.2. The van der Waals surface area contributed by atoms with Crippen LogP contribution in [0.1, 0.15) is 29.7 Å². The Balaban J connectivity index is 2.08. The van der Waals surface area contributed by atoms with E-state index in [-0.39, 0.29) is 6.04 Å². The Bertz CT molecular complexity index is 536. The first-order valence-electron chi connectivity index (χ1n) is 6.62. The van der Waals surface area contributed by atoms with Gasteiger partial charge in [-0.15, -0.1) is 11.8 Å². The van der Waals surface area contributed by atoms with Crippen LogP contribution in [0, 0.1) is 13.8 Å². The van der Waals surface area contributed by atoms with Gasteiger partial charge in [0.05, 0.1) is 0 Å². The van der Waals surface area contributed by atoms with Crippen molar-refractivity contribution in [3.05, 3.63) is 65.2 Å². The fourth-order valence-corrected chi connectivity index (χ4v) is 3.15. The van der Waals surface area contributed by atoms with Crippen LogP contribution in [0.15, 0.2) is 53.4 Å². The van der Waals surface area contributed by atoms with Crippen LogP contribution in [-0.4, -0.2) is 5.25 Å². The Labute approximate surface area is 120 Å². The van der Waals surface area contributed by atoms with E-state index in [1.807, 2.05) is 30.0 Å². The number of hydrogen-bond acceptors (Lipinski definition) is 2. The lowest BCUT2D eigenvalue weighted by atomic mass is 10.1. The predicted octanol–water partition coefficient (Wildman–Crippen LogP) is 4.48. The van der Waals surface area contributed by atoms with E-state index in [1.54, 1.807) is 0 Å². The first-order chi connectivity index (χ1) is 9.08. The minimum absolute atomic E-state index is 0.0628. The molecule has 0 aliphatic carbocycles. The number of nitrogens with two attached hydrogens (primary N) is 1. The molecule has 2 aromatic carbocycles. The van der Waals surface area contributed by atoms with Gasteiger partial charge in [0.25, 0.3) is 0 Å². The fraction of sp³-hybridized carbons (Fsp3) is 0.294. The van der Waals surface area contributed by atoms with Crippen molar-refractivity contribution in [3.63, 3.8) is 0 Å². The maximum Gasteiger partial charge on any atom is 0.0416 e. The lowest BCUT2D eigenvalue weighted by Crippen LogP contribution is -2.20. The Morgan fingerprint density at radius 1 is 0.947 bits per heavy atom. The van der Waals surface area contributed by atoms with E-state index in [0.717, 1.165) is 0 Å². The molecule has 2 rings (SSSR count). The predicted molar refractivity (Wildman–Crippen MR) is 84.6 cm³/mol. The molecule has 0 aliphatic heterocycles. The van der Waals surface area contributed by atoms with E-state index in [2.05, 4.69) is 51.1 Å². The summed E-state index contributed by atoms with van der Waals surface area (Å²) in [4.78, 5) is 1.29. The first-order valence-corrected chi connectivity index (χ1v) is 7.50. The molecule has 0 saturated heterocycles. The summed E-state index contributed by atoms with van der Waals surface area (Å²) in [5, 5.41) is 0.351. The van der Waals surface area contributed by atoms with Gasteiger partial charge in [0.15, 0.2) is 0 Å². The fourth-order valence-electron chi connectivity index (χ4n) is 2.02. The average Bonchev–Trinajstić information content (AvgIpc) is 2.43. The summed E-state index contributed by atoms with van der Waals surface area (Å²) in [6.07, 6.45) is 0. The summed E-state index contributed by atoms with van der Waals surface area (Å²) < 4.78 is 0. The van der Waals surface area contributed by atoms with Crippen LogP contribution in [0.4, 0.5) is 0 Å². The van der Waals surface area contributed by atoms with Gasteiger partial charge in [-0.25, -0.2) is 0 Å². The van der Waals surface area contributed by atoms with Gasteiger partial charge < -0.3 is 5.73 Å². The van der Waals surface area contributed by atoms with Gasteiger partial charge in [-0.05, 0) is 42.7 Å². The van der Waals surface area contributed by atoms with Crippen molar-refractivity contribution in [2.24, 2.45) is 5.73 Å². The van der Waals surface area contributed by atoms with E-state index in [1.165, 1.54) is 21.6 Å². The molecule has 2 N–H and O–H groups in total. The van der Waals surface area contributed by atoms with Crippen LogP contribution in [-0.2, 0) is 0 Å². The van der Waals surface area contributed by atoms with Gasteiger partial charge in [-0.1, -0.05) is 43.3 Å². The van der Waals surface area contributed by atoms with Gasteiger partial charge in [-0.3, -0.25) is 0 Å². The van der Waals surface area contributed by atoms with Crippen LogP contribution in [0.25, 0.3) is 0 Å². The molecule has 0 radical (unpaired) electrons. The molecule has 0 fully saturated rings. The summed E-state index contributed by atoms with van der Waals surface area (Å²) >= 11 is 1.84. The molecule has 2 aromatic rings. The van der Waals surface area contributed by atoms with Crippen LogP contribution in [0.3, 0.4) is 0 Å². The Morgan fingerprint density at radius 2 is 1.63 bits per heavy atom. The van der Waals surface area contributed by atoms with Crippen molar-refractivity contribution in [3.8, 4) is 0 Å². The Morgan fingerprint density at radius 3 is 2.26 bits per heavy atom. The number of rotatable bonds is 4. The smallest absolute Gasteiger partial charge is 0.0416 e. The molecular weight excluding hydrogens is 250 g/mol. The second-order valence-electron chi connectivity index (χ2n) is 5.01. The number of benzene rings is 2. The van der Waals surface area contributed by atoms with E-state index in [4.69, 9.17) is 5.73 Å². The van der Waals surface area contributed by atoms with E-state index >= 15 is 0 Å². The third-order valence-electron chi connectivity index (χ3n) is 3.49. The summed E-state index contributed by atoms with van der Waals surface area (Å²) in [6, 6.07) is 17.0. The second kappa shape index (κ2) is 6.27. The van der Waals surface area contributed by atoms with Gasteiger partial charge in [0.1, 0.15) is 0 Å². The quantitative estimate of drug-likeness (QED) is 0.829. The third kappa shape index (κ3) is 3.62. The van der Waals surface area contributed by atoms with Gasteiger partial charge >= 0.3 is 0 Å². The summed E-state index contributed by atoms with van der Waals surface area (Å²) in [7, 11) is 0. The zero-order valence-electron chi connectivity index (χ0n) is 11.8. The molecule has 0 heterocycles. The highest BCUT2D eigenvalue weighted by molar-refractivity contribution is 8.00. The number of thioether (sulfide) groups is 1. The highest BCUT2D eigenvalue weighted by Gasteiger charge is 2.15. The number of hydrogen-bond donors (Lipinski definition) is 1. The molecule has 0 amide bonds. The minimum atomic E-state index is 0.0628. The van der Waals surface area contributed by atoms with E-state index in [9.17, 15) is 0 Å². The zero-order chi connectivity index (χ0) is 13.8. The second-order valence-corrected chi connectivity index (χ2v) is 6.46. The molecule has 0 saturated carbocycles. The molecule has 0 bridgehead atoms. The van der Waals surface area contributed by atoms with Crippen molar-refractivity contribution in [2.45, 2.75) is 37.0 Å². The van der Waals surface area contributed by atoms with Gasteiger partial charge in [0.2, 0.25) is 0 Å². The summed E-state index contributed by atoms with van der Waals surface area (Å²) in [6.45, 7) is 6.49. The molecular formula is C17H21NS. The SMILES string of the molecule is Cc1ccc(SC(C)C(N)c2ccccc2)cc1C. The molecule has 0 spiro atoms. The van der Waals surface area contributed by atoms with Crippen LogP contribution in [0.2, 0.25) is 0 Å². The van der Waals surface area contributed by atoms with Gasteiger partial charge in [-0.2, -0.15) is 0 Å². The standard InChI is InChI=1S/C17H21NS/c1-12-9-10-16(11-13(12)2)19-14(3)17(18)15-7-5-4-6-8-15/h4-11,14,17H,18H2,1-3H3. The molecule has 2 heteroatoms. The summed E-state index contributed by atoms with van der Waals surface area (Å²) in [5.74, 6) is 0. The first kappa shape index (κ1) is 14.2. The van der Waals surface area contributed by atoms with Crippen LogP contribution < -0.4 is 5.73 Å². The number of aryl methyl sites for hydroxylation is 2. The molecule has 1 nitrogen and oxygen atoms in total. The molecule has 100 valence electrons. The van der Waals surface area contributed by atoms with Crippen LogP contribution >= 0.6 is 11.8 Å². The molecule has 0 aromatic heterocycles. The normalized spacial score (nSPS) is 14.1. The monoisotopic (exact) mass is 271 g/mol. The topological polar surface area (TPSA) is 26.0 Å². The maximum absolute atomic E-state index is 6.33. The van der Waals surface area contributed by atoms with Crippen LogP contribution in [0.5, 0.6) is 0 Å². The third-order valence-corrected chi connectivity index (χ3v) is 4.68. The molecule has 0 aliphatic rings. The Hall–Kier alpha value is -1.25.